The summed E-state index contributed by atoms with van der Waals surface area (Å²) in [5.74, 6) is 0.664. The van der Waals surface area contributed by atoms with Crippen molar-refractivity contribution in [2.75, 3.05) is 18.5 Å². The first-order valence-electron chi connectivity index (χ1n) is 5.91. The van der Waals surface area contributed by atoms with Crippen molar-refractivity contribution in [1.82, 2.24) is 4.98 Å². The Kier molecular flexibility index (Phi) is 3.30. The fourth-order valence-corrected chi connectivity index (χ4v) is 2.03. The van der Waals surface area contributed by atoms with E-state index in [0.29, 0.717) is 11.4 Å². The molecule has 1 fully saturated rings. The molecule has 1 aliphatic carbocycles. The van der Waals surface area contributed by atoms with Gasteiger partial charge in [0.25, 0.3) is 0 Å². The fraction of sp³-hybridized carbons (Fsp3) is 0.538. The number of hydrogen-bond acceptors (Lipinski definition) is 4. The molecule has 1 heterocycles. The van der Waals surface area contributed by atoms with E-state index < -0.39 is 0 Å². The van der Waals surface area contributed by atoms with Crippen molar-refractivity contribution >= 4 is 5.82 Å². The predicted octanol–water partition coefficient (Wildman–Crippen LogP) is 1.84. The van der Waals surface area contributed by atoms with E-state index in [4.69, 9.17) is 10.4 Å². The molecule has 90 valence electrons. The molecule has 0 bridgehead atoms. The normalized spacial score (nSPS) is 16.3. The minimum absolute atomic E-state index is 0.229. The summed E-state index contributed by atoms with van der Waals surface area (Å²) in [6.45, 7) is 2.93. The SMILES string of the molecule is Cc1ccnc(NCC2(CCO)CC2)c1C#N. The number of aromatic nitrogens is 1. The van der Waals surface area contributed by atoms with Crippen LogP contribution in [-0.4, -0.2) is 23.2 Å². The molecule has 0 unspecified atom stereocenters. The molecule has 0 saturated heterocycles. The van der Waals surface area contributed by atoms with E-state index in [1.54, 1.807) is 6.20 Å². The van der Waals surface area contributed by atoms with Crippen LogP contribution in [0.4, 0.5) is 5.82 Å². The first-order valence-corrected chi connectivity index (χ1v) is 5.91. The molecule has 0 atom stereocenters. The van der Waals surface area contributed by atoms with Crippen LogP contribution in [0.5, 0.6) is 0 Å². The van der Waals surface area contributed by atoms with Crippen molar-refractivity contribution in [3.05, 3.63) is 23.4 Å². The second kappa shape index (κ2) is 4.72. The minimum atomic E-state index is 0.229. The van der Waals surface area contributed by atoms with E-state index in [-0.39, 0.29) is 12.0 Å². The van der Waals surface area contributed by atoms with Gasteiger partial charge in [0, 0.05) is 19.3 Å². The summed E-state index contributed by atoms with van der Waals surface area (Å²) in [4.78, 5) is 4.21. The zero-order valence-corrected chi connectivity index (χ0v) is 10.0. The molecular weight excluding hydrogens is 214 g/mol. The highest BCUT2D eigenvalue weighted by molar-refractivity contribution is 5.55. The Morgan fingerprint density at radius 2 is 2.35 bits per heavy atom. The highest BCUT2D eigenvalue weighted by Gasteiger charge is 2.41. The Labute approximate surface area is 101 Å². The van der Waals surface area contributed by atoms with Crippen LogP contribution in [0.1, 0.15) is 30.4 Å². The van der Waals surface area contributed by atoms with Gasteiger partial charge in [0.05, 0.1) is 5.56 Å². The Morgan fingerprint density at radius 1 is 1.59 bits per heavy atom. The van der Waals surface area contributed by atoms with Crippen LogP contribution in [0.25, 0.3) is 0 Å². The summed E-state index contributed by atoms with van der Waals surface area (Å²) in [5, 5.41) is 21.3. The maximum Gasteiger partial charge on any atom is 0.144 e. The lowest BCUT2D eigenvalue weighted by molar-refractivity contribution is 0.253. The molecule has 1 aliphatic rings. The van der Waals surface area contributed by atoms with Gasteiger partial charge in [-0.05, 0) is 43.2 Å². The quantitative estimate of drug-likeness (QED) is 0.811. The van der Waals surface area contributed by atoms with Crippen molar-refractivity contribution < 1.29 is 5.11 Å². The zero-order chi connectivity index (χ0) is 12.3. The Bertz CT molecular complexity index is 446. The second-order valence-corrected chi connectivity index (χ2v) is 4.79. The molecule has 4 nitrogen and oxygen atoms in total. The van der Waals surface area contributed by atoms with Crippen molar-refractivity contribution in [2.45, 2.75) is 26.2 Å². The first kappa shape index (κ1) is 11.9. The van der Waals surface area contributed by atoms with Crippen LogP contribution in [0.15, 0.2) is 12.3 Å². The number of aliphatic hydroxyl groups excluding tert-OH is 1. The minimum Gasteiger partial charge on any atom is -0.396 e. The molecule has 4 heteroatoms. The molecular formula is C13H17N3O. The third-order valence-electron chi connectivity index (χ3n) is 3.50. The van der Waals surface area contributed by atoms with Gasteiger partial charge in [0.2, 0.25) is 0 Å². The van der Waals surface area contributed by atoms with Crippen LogP contribution < -0.4 is 5.32 Å². The second-order valence-electron chi connectivity index (χ2n) is 4.79. The highest BCUT2D eigenvalue weighted by atomic mass is 16.3. The van der Waals surface area contributed by atoms with Crippen LogP contribution in [0, 0.1) is 23.7 Å². The van der Waals surface area contributed by atoms with E-state index in [1.807, 2.05) is 13.0 Å². The average Bonchev–Trinajstić information content (AvgIpc) is 3.07. The van der Waals surface area contributed by atoms with Gasteiger partial charge in [-0.25, -0.2) is 4.98 Å². The molecule has 0 radical (unpaired) electrons. The lowest BCUT2D eigenvalue weighted by Gasteiger charge is -2.16. The lowest BCUT2D eigenvalue weighted by Crippen LogP contribution is -2.18. The molecule has 0 aliphatic heterocycles. The number of pyridine rings is 1. The van der Waals surface area contributed by atoms with E-state index >= 15 is 0 Å². The van der Waals surface area contributed by atoms with Gasteiger partial charge in [-0.3, -0.25) is 0 Å². The number of anilines is 1. The summed E-state index contributed by atoms with van der Waals surface area (Å²) < 4.78 is 0. The maximum atomic E-state index is 9.08. The molecule has 0 aromatic carbocycles. The summed E-state index contributed by atoms with van der Waals surface area (Å²) in [7, 11) is 0. The van der Waals surface area contributed by atoms with Gasteiger partial charge in [0.15, 0.2) is 0 Å². The van der Waals surface area contributed by atoms with Crippen molar-refractivity contribution in [1.29, 1.82) is 5.26 Å². The molecule has 2 N–H and O–H groups in total. The van der Waals surface area contributed by atoms with Gasteiger partial charge >= 0.3 is 0 Å². The summed E-state index contributed by atoms with van der Waals surface area (Å²) >= 11 is 0. The smallest absolute Gasteiger partial charge is 0.144 e. The van der Waals surface area contributed by atoms with Crippen molar-refractivity contribution in [3.63, 3.8) is 0 Å². The number of rotatable bonds is 5. The van der Waals surface area contributed by atoms with Crippen molar-refractivity contribution in [3.8, 4) is 6.07 Å². The number of nitrogens with zero attached hydrogens (tertiary/aromatic N) is 2. The highest BCUT2D eigenvalue weighted by Crippen LogP contribution is 2.48. The van der Waals surface area contributed by atoms with Crippen LogP contribution in [-0.2, 0) is 0 Å². The Balaban J connectivity index is 2.05. The molecule has 1 saturated carbocycles. The van der Waals surface area contributed by atoms with E-state index in [2.05, 4.69) is 16.4 Å². The fourth-order valence-electron chi connectivity index (χ4n) is 2.03. The molecule has 2 rings (SSSR count). The molecule has 1 aromatic heterocycles. The van der Waals surface area contributed by atoms with Crippen LogP contribution >= 0.6 is 0 Å². The van der Waals surface area contributed by atoms with E-state index in [9.17, 15) is 0 Å². The first-order chi connectivity index (χ1) is 8.21. The number of nitriles is 1. The van der Waals surface area contributed by atoms with Gasteiger partial charge in [-0.1, -0.05) is 0 Å². The molecule has 17 heavy (non-hydrogen) atoms. The van der Waals surface area contributed by atoms with Crippen LogP contribution in [0.3, 0.4) is 0 Å². The summed E-state index contributed by atoms with van der Waals surface area (Å²) in [6.07, 6.45) is 4.83. The number of hydrogen-bond donors (Lipinski definition) is 2. The summed E-state index contributed by atoms with van der Waals surface area (Å²) in [6, 6.07) is 4.02. The standard InChI is InChI=1S/C13H17N3O/c1-10-2-6-15-12(11(10)8-14)16-9-13(3-4-13)5-7-17/h2,6,17H,3-5,7,9H2,1H3,(H,15,16). The van der Waals surface area contributed by atoms with Gasteiger partial charge in [0.1, 0.15) is 11.9 Å². The number of aryl methyl sites for hydroxylation is 1. The third-order valence-corrected chi connectivity index (χ3v) is 3.50. The predicted molar refractivity (Wildman–Crippen MR) is 65.5 cm³/mol. The topological polar surface area (TPSA) is 68.9 Å². The third kappa shape index (κ3) is 2.56. The average molecular weight is 231 g/mol. The molecule has 0 spiro atoms. The lowest BCUT2D eigenvalue weighted by atomic mass is 10.0. The molecule has 0 amide bonds. The van der Waals surface area contributed by atoms with E-state index in [0.717, 1.165) is 31.4 Å². The van der Waals surface area contributed by atoms with Crippen molar-refractivity contribution in [2.24, 2.45) is 5.41 Å². The van der Waals surface area contributed by atoms with E-state index in [1.165, 1.54) is 0 Å². The largest absolute Gasteiger partial charge is 0.396 e. The zero-order valence-electron chi connectivity index (χ0n) is 10.0. The summed E-state index contributed by atoms with van der Waals surface area (Å²) in [5.41, 5.74) is 1.79. The van der Waals surface area contributed by atoms with Gasteiger partial charge in [-0.15, -0.1) is 0 Å². The number of nitrogens with one attached hydrogen (secondary N) is 1. The number of aliphatic hydroxyl groups is 1. The van der Waals surface area contributed by atoms with Gasteiger partial charge in [-0.2, -0.15) is 5.26 Å². The van der Waals surface area contributed by atoms with Crippen LogP contribution in [0.2, 0.25) is 0 Å². The Morgan fingerprint density at radius 3 is 2.94 bits per heavy atom. The molecule has 1 aromatic rings. The van der Waals surface area contributed by atoms with Gasteiger partial charge < -0.3 is 10.4 Å². The maximum absolute atomic E-state index is 9.08. The Hall–Kier alpha value is -1.60. The monoisotopic (exact) mass is 231 g/mol.